The fourth-order valence-electron chi connectivity index (χ4n) is 3.20. The number of ether oxygens (including phenoxy) is 1. The zero-order valence-corrected chi connectivity index (χ0v) is 11.4. The summed E-state index contributed by atoms with van der Waals surface area (Å²) in [6.07, 6.45) is 7.57. The molecule has 2 heterocycles. The first-order valence-corrected chi connectivity index (χ1v) is 7.81. The summed E-state index contributed by atoms with van der Waals surface area (Å²) in [5.41, 5.74) is 0. The molecule has 0 spiro atoms. The number of nitrogens with zero attached hydrogens (tertiary/aromatic N) is 1. The highest BCUT2D eigenvalue weighted by Gasteiger charge is 2.27. The van der Waals surface area contributed by atoms with E-state index in [1.807, 2.05) is 0 Å². The number of hydrogen-bond donors (Lipinski definition) is 1. The van der Waals surface area contributed by atoms with Crippen LogP contribution in [-0.4, -0.2) is 50.3 Å². The highest BCUT2D eigenvalue weighted by atomic mass is 16.5. The second-order valence-corrected chi connectivity index (χ2v) is 6.25. The third-order valence-electron chi connectivity index (χ3n) is 4.55. The van der Waals surface area contributed by atoms with Crippen molar-refractivity contribution in [2.45, 2.75) is 44.6 Å². The van der Waals surface area contributed by atoms with Gasteiger partial charge in [0.05, 0.1) is 6.61 Å². The minimum absolute atomic E-state index is 0.0314. The summed E-state index contributed by atoms with van der Waals surface area (Å²) < 4.78 is 14.4. The average molecular weight is 253 g/mol. The molecule has 1 aliphatic carbocycles. The maximum Gasteiger partial charge on any atom is 0.0506 e. The van der Waals surface area contributed by atoms with E-state index >= 15 is 0 Å². The number of hydrogen-bond acceptors (Lipinski definition) is 3. The van der Waals surface area contributed by atoms with Crippen LogP contribution in [0, 0.1) is 11.8 Å². The van der Waals surface area contributed by atoms with E-state index in [0.29, 0.717) is 12.0 Å². The molecule has 0 aromatic carbocycles. The van der Waals surface area contributed by atoms with E-state index in [4.69, 9.17) is 6.11 Å². The molecular formula is C15H28N2O. The van der Waals surface area contributed by atoms with Crippen molar-refractivity contribution in [2.24, 2.45) is 11.8 Å². The number of likely N-dealkylation sites (tertiary alicyclic amines) is 1. The molecule has 2 saturated heterocycles. The van der Waals surface area contributed by atoms with E-state index < -0.39 is 0 Å². The van der Waals surface area contributed by atoms with E-state index in [-0.39, 0.29) is 6.52 Å². The van der Waals surface area contributed by atoms with Crippen LogP contribution in [0.2, 0.25) is 0 Å². The first kappa shape index (κ1) is 11.7. The molecule has 104 valence electrons. The summed E-state index contributed by atoms with van der Waals surface area (Å²) in [6, 6.07) is 0.634. The van der Waals surface area contributed by atoms with Gasteiger partial charge in [-0.3, -0.25) is 4.90 Å². The van der Waals surface area contributed by atoms with Crippen molar-refractivity contribution in [3.8, 4) is 0 Å². The molecular weight excluding hydrogens is 224 g/mol. The Morgan fingerprint density at radius 2 is 1.83 bits per heavy atom. The Balaban J connectivity index is 1.47. The summed E-state index contributed by atoms with van der Waals surface area (Å²) in [5.74, 6) is 1.27. The topological polar surface area (TPSA) is 24.5 Å². The summed E-state index contributed by atoms with van der Waals surface area (Å²) >= 11 is 0. The SMILES string of the molecule is [2H]C1C(COCC2CC2)CCCN1C1CCNCC1. The van der Waals surface area contributed by atoms with Crippen LogP contribution >= 0.6 is 0 Å². The van der Waals surface area contributed by atoms with Crippen LogP contribution in [0.15, 0.2) is 0 Å². The van der Waals surface area contributed by atoms with Crippen LogP contribution in [0.25, 0.3) is 0 Å². The molecule has 0 radical (unpaired) electrons. The van der Waals surface area contributed by atoms with Crippen LogP contribution in [0.3, 0.4) is 0 Å². The second kappa shape index (κ2) is 6.36. The van der Waals surface area contributed by atoms with Gasteiger partial charge in [-0.05, 0) is 70.0 Å². The number of nitrogens with one attached hydrogen (secondary N) is 1. The van der Waals surface area contributed by atoms with Gasteiger partial charge in [0.2, 0.25) is 0 Å². The molecule has 0 amide bonds. The van der Waals surface area contributed by atoms with Gasteiger partial charge in [-0.25, -0.2) is 0 Å². The molecule has 2 atom stereocenters. The fraction of sp³-hybridized carbons (Fsp3) is 1.00. The van der Waals surface area contributed by atoms with Crippen molar-refractivity contribution in [3.05, 3.63) is 0 Å². The van der Waals surface area contributed by atoms with Gasteiger partial charge in [0.1, 0.15) is 0 Å². The highest BCUT2D eigenvalue weighted by molar-refractivity contribution is 4.82. The van der Waals surface area contributed by atoms with Crippen LogP contribution < -0.4 is 5.32 Å². The fourth-order valence-corrected chi connectivity index (χ4v) is 3.20. The average Bonchev–Trinajstić information content (AvgIpc) is 3.26. The molecule has 3 fully saturated rings. The van der Waals surface area contributed by atoms with Crippen molar-refractivity contribution in [2.75, 3.05) is 39.4 Å². The number of rotatable bonds is 5. The van der Waals surface area contributed by atoms with Gasteiger partial charge in [0.15, 0.2) is 0 Å². The lowest BCUT2D eigenvalue weighted by molar-refractivity contribution is 0.0363. The molecule has 0 aromatic heterocycles. The van der Waals surface area contributed by atoms with Gasteiger partial charge in [0, 0.05) is 20.5 Å². The predicted octanol–water partition coefficient (Wildman–Crippen LogP) is 1.88. The zero-order valence-electron chi connectivity index (χ0n) is 12.4. The Labute approximate surface area is 113 Å². The van der Waals surface area contributed by atoms with E-state index in [9.17, 15) is 0 Å². The summed E-state index contributed by atoms with van der Waals surface area (Å²) in [4.78, 5) is 2.45. The standard InChI is InChI=1S/C15H28N2O/c1-2-14(12-18-11-13-3-4-13)10-17(9-1)15-5-7-16-8-6-15/h13-16H,1-12H2/i10D. The molecule has 1 N–H and O–H groups in total. The molecule has 0 bridgehead atoms. The maximum absolute atomic E-state index is 8.55. The van der Waals surface area contributed by atoms with Crippen LogP contribution in [0.1, 0.15) is 39.9 Å². The smallest absolute Gasteiger partial charge is 0.0506 e. The van der Waals surface area contributed by atoms with E-state index in [1.165, 1.54) is 38.5 Å². The van der Waals surface area contributed by atoms with Crippen molar-refractivity contribution >= 4 is 0 Å². The van der Waals surface area contributed by atoms with Crippen molar-refractivity contribution < 1.29 is 6.11 Å². The van der Waals surface area contributed by atoms with Crippen LogP contribution in [0.5, 0.6) is 0 Å². The Morgan fingerprint density at radius 1 is 1.06 bits per heavy atom. The minimum atomic E-state index is -0.0314. The quantitative estimate of drug-likeness (QED) is 0.809. The lowest BCUT2D eigenvalue weighted by atomic mass is 9.95. The van der Waals surface area contributed by atoms with Gasteiger partial charge in [-0.15, -0.1) is 0 Å². The third-order valence-corrected chi connectivity index (χ3v) is 4.55. The molecule has 3 aliphatic rings. The summed E-state index contributed by atoms with van der Waals surface area (Å²) in [5, 5.41) is 3.42. The van der Waals surface area contributed by atoms with E-state index in [1.54, 1.807) is 0 Å². The monoisotopic (exact) mass is 253 g/mol. The molecule has 2 aliphatic heterocycles. The molecule has 0 aromatic rings. The molecule has 3 heteroatoms. The molecule has 2 unspecified atom stereocenters. The maximum atomic E-state index is 8.55. The predicted molar refractivity (Wildman–Crippen MR) is 73.7 cm³/mol. The van der Waals surface area contributed by atoms with Crippen molar-refractivity contribution in [1.82, 2.24) is 10.2 Å². The minimum Gasteiger partial charge on any atom is -0.381 e. The first-order chi connectivity index (χ1) is 9.34. The zero-order chi connectivity index (χ0) is 13.1. The second-order valence-electron chi connectivity index (χ2n) is 6.25. The van der Waals surface area contributed by atoms with E-state index in [2.05, 4.69) is 10.2 Å². The van der Waals surface area contributed by atoms with Crippen LogP contribution in [-0.2, 0) is 4.74 Å². The van der Waals surface area contributed by atoms with E-state index in [0.717, 1.165) is 38.8 Å². The van der Waals surface area contributed by atoms with Crippen LogP contribution in [0.4, 0.5) is 0 Å². The highest BCUT2D eigenvalue weighted by Crippen LogP contribution is 2.29. The van der Waals surface area contributed by atoms with Crippen molar-refractivity contribution in [3.63, 3.8) is 0 Å². The van der Waals surface area contributed by atoms with Gasteiger partial charge in [-0.2, -0.15) is 0 Å². The largest absolute Gasteiger partial charge is 0.381 e. The van der Waals surface area contributed by atoms with Crippen molar-refractivity contribution in [1.29, 1.82) is 0 Å². The molecule has 3 rings (SSSR count). The lowest BCUT2D eigenvalue weighted by Gasteiger charge is -2.40. The van der Waals surface area contributed by atoms with Gasteiger partial charge >= 0.3 is 0 Å². The summed E-state index contributed by atoms with van der Waals surface area (Å²) in [6.45, 7) is 5.09. The Kier molecular flexibility index (Phi) is 4.13. The normalized spacial score (nSPS) is 36.6. The van der Waals surface area contributed by atoms with Gasteiger partial charge in [-0.1, -0.05) is 0 Å². The lowest BCUT2D eigenvalue weighted by Crippen LogP contribution is -2.48. The Bertz CT molecular complexity index is 279. The first-order valence-electron chi connectivity index (χ1n) is 8.39. The van der Waals surface area contributed by atoms with Gasteiger partial charge < -0.3 is 10.1 Å². The number of piperidine rings is 2. The Hall–Kier alpha value is -0.120. The van der Waals surface area contributed by atoms with Gasteiger partial charge in [0.25, 0.3) is 0 Å². The molecule has 18 heavy (non-hydrogen) atoms. The molecule has 3 nitrogen and oxygen atoms in total. The molecule has 1 saturated carbocycles. The Morgan fingerprint density at radius 3 is 2.61 bits per heavy atom. The summed E-state index contributed by atoms with van der Waals surface area (Å²) in [7, 11) is 0. The third kappa shape index (κ3) is 3.69.